The van der Waals surface area contributed by atoms with E-state index in [-0.39, 0.29) is 18.4 Å². The van der Waals surface area contributed by atoms with E-state index in [1.54, 1.807) is 7.11 Å². The lowest BCUT2D eigenvalue weighted by Gasteiger charge is -2.13. The quantitative estimate of drug-likeness (QED) is 0.536. The first-order valence-electron chi connectivity index (χ1n) is 10.5. The number of hydrogen-bond donors (Lipinski definition) is 2. The Kier molecular flexibility index (Phi) is 6.83. The minimum Gasteiger partial charge on any atom is -0.383 e. The SMILES string of the molecule is COCCNC(=O)CNC(=O)c1c2c(nc3ccccc13)/C(=C/c1ccccc1Cl)CC2. The Morgan fingerprint density at radius 2 is 1.88 bits per heavy atom. The van der Waals surface area contributed by atoms with Gasteiger partial charge >= 0.3 is 0 Å². The molecule has 7 heteroatoms. The molecule has 164 valence electrons. The number of nitrogens with one attached hydrogen (secondary N) is 2. The van der Waals surface area contributed by atoms with Crippen LogP contribution in [0.3, 0.4) is 0 Å². The highest BCUT2D eigenvalue weighted by molar-refractivity contribution is 6.32. The number of nitrogens with zero attached hydrogens (tertiary/aromatic N) is 1. The highest BCUT2D eigenvalue weighted by Crippen LogP contribution is 2.38. The van der Waals surface area contributed by atoms with Crippen molar-refractivity contribution in [2.45, 2.75) is 12.8 Å². The minimum atomic E-state index is -0.277. The summed E-state index contributed by atoms with van der Waals surface area (Å²) in [6.45, 7) is 0.716. The first-order valence-corrected chi connectivity index (χ1v) is 10.9. The smallest absolute Gasteiger partial charge is 0.252 e. The van der Waals surface area contributed by atoms with Crippen LogP contribution in [0.4, 0.5) is 0 Å². The van der Waals surface area contributed by atoms with E-state index < -0.39 is 0 Å². The molecule has 1 aliphatic carbocycles. The number of para-hydroxylation sites is 1. The van der Waals surface area contributed by atoms with Gasteiger partial charge in [-0.1, -0.05) is 48.0 Å². The van der Waals surface area contributed by atoms with Crippen molar-refractivity contribution in [2.24, 2.45) is 0 Å². The number of allylic oxidation sites excluding steroid dienone is 1. The van der Waals surface area contributed by atoms with Crippen molar-refractivity contribution in [2.75, 3.05) is 26.8 Å². The molecule has 0 saturated carbocycles. The van der Waals surface area contributed by atoms with Crippen LogP contribution in [-0.2, 0) is 16.0 Å². The first-order chi connectivity index (χ1) is 15.6. The van der Waals surface area contributed by atoms with Crippen LogP contribution in [0, 0.1) is 0 Å². The average molecular weight is 450 g/mol. The molecule has 2 N–H and O–H groups in total. The van der Waals surface area contributed by atoms with Crippen LogP contribution in [0.15, 0.2) is 48.5 Å². The van der Waals surface area contributed by atoms with Gasteiger partial charge in [-0.25, -0.2) is 4.98 Å². The standard InChI is InChI=1S/C25H24ClN3O3/c1-32-13-12-27-22(30)15-28-25(31)23-18-7-3-5-9-21(18)29-24-17(10-11-19(23)24)14-16-6-2-4-8-20(16)26/h2-9,14H,10-13,15H2,1H3,(H,27,30)(H,28,31)/b17-14+. The second-order valence-electron chi connectivity index (χ2n) is 7.55. The van der Waals surface area contributed by atoms with E-state index in [2.05, 4.69) is 10.6 Å². The van der Waals surface area contributed by atoms with Crippen LogP contribution in [0.1, 0.15) is 33.6 Å². The van der Waals surface area contributed by atoms with E-state index in [0.29, 0.717) is 30.2 Å². The summed E-state index contributed by atoms with van der Waals surface area (Å²) in [6.07, 6.45) is 3.51. The van der Waals surface area contributed by atoms with Crippen molar-refractivity contribution >= 4 is 46.0 Å². The Balaban J connectivity index is 1.67. The van der Waals surface area contributed by atoms with Gasteiger partial charge in [0, 0.05) is 24.1 Å². The summed E-state index contributed by atoms with van der Waals surface area (Å²) in [5.41, 5.74) is 5.01. The van der Waals surface area contributed by atoms with Crippen LogP contribution in [0.2, 0.25) is 5.02 Å². The van der Waals surface area contributed by atoms with E-state index in [4.69, 9.17) is 21.3 Å². The number of carbonyl (C=O) groups excluding carboxylic acids is 2. The van der Waals surface area contributed by atoms with Gasteiger partial charge in [-0.3, -0.25) is 9.59 Å². The zero-order chi connectivity index (χ0) is 22.5. The molecule has 0 fully saturated rings. The molecule has 4 rings (SSSR count). The van der Waals surface area contributed by atoms with Crippen molar-refractivity contribution in [3.8, 4) is 0 Å². The normalized spacial score (nSPS) is 13.9. The molecule has 0 aliphatic heterocycles. The third-order valence-corrected chi connectivity index (χ3v) is 5.79. The van der Waals surface area contributed by atoms with Crippen molar-refractivity contribution < 1.29 is 14.3 Å². The van der Waals surface area contributed by atoms with Gasteiger partial charge < -0.3 is 15.4 Å². The van der Waals surface area contributed by atoms with Crippen molar-refractivity contribution in [3.63, 3.8) is 0 Å². The van der Waals surface area contributed by atoms with E-state index >= 15 is 0 Å². The molecular formula is C25H24ClN3O3. The summed E-state index contributed by atoms with van der Waals surface area (Å²) in [6, 6.07) is 15.2. The molecule has 0 bridgehead atoms. The Hall–Kier alpha value is -3.22. The van der Waals surface area contributed by atoms with Crippen molar-refractivity contribution in [1.29, 1.82) is 0 Å². The average Bonchev–Trinajstić information content (AvgIpc) is 3.19. The lowest BCUT2D eigenvalue weighted by molar-refractivity contribution is -0.120. The molecule has 0 atom stereocenters. The Morgan fingerprint density at radius 1 is 1.09 bits per heavy atom. The lowest BCUT2D eigenvalue weighted by atomic mass is 10.00. The number of fused-ring (bicyclic) bond motifs is 2. The summed E-state index contributed by atoms with van der Waals surface area (Å²) in [5.74, 6) is -0.537. The third-order valence-electron chi connectivity index (χ3n) is 5.44. The number of halogens is 1. The fourth-order valence-corrected chi connectivity index (χ4v) is 4.11. The van der Waals surface area contributed by atoms with Gasteiger partial charge in [-0.05, 0) is 47.8 Å². The summed E-state index contributed by atoms with van der Waals surface area (Å²) in [5, 5.41) is 6.92. The summed E-state index contributed by atoms with van der Waals surface area (Å²) in [4.78, 5) is 30.1. The molecular weight excluding hydrogens is 426 g/mol. The number of benzene rings is 2. The van der Waals surface area contributed by atoms with Gasteiger partial charge in [0.15, 0.2) is 0 Å². The Morgan fingerprint density at radius 3 is 2.69 bits per heavy atom. The highest BCUT2D eigenvalue weighted by Gasteiger charge is 2.27. The molecule has 2 amide bonds. The molecule has 0 spiro atoms. The zero-order valence-corrected chi connectivity index (χ0v) is 18.5. The Labute approximate surface area is 191 Å². The number of amides is 2. The van der Waals surface area contributed by atoms with E-state index in [1.165, 1.54) is 0 Å². The minimum absolute atomic E-state index is 0.101. The number of rotatable bonds is 7. The maximum atomic E-state index is 13.2. The molecule has 1 heterocycles. The number of ether oxygens (including phenoxy) is 1. The number of carbonyl (C=O) groups is 2. The van der Waals surface area contributed by atoms with Crippen LogP contribution >= 0.6 is 11.6 Å². The predicted octanol–water partition coefficient (Wildman–Crippen LogP) is 3.87. The maximum Gasteiger partial charge on any atom is 0.252 e. The van der Waals surface area contributed by atoms with Crippen LogP contribution in [0.25, 0.3) is 22.6 Å². The summed E-state index contributed by atoms with van der Waals surface area (Å²) < 4.78 is 4.92. The molecule has 1 aromatic heterocycles. The van der Waals surface area contributed by atoms with Gasteiger partial charge in [0.1, 0.15) is 0 Å². The lowest BCUT2D eigenvalue weighted by Crippen LogP contribution is -2.38. The second-order valence-corrected chi connectivity index (χ2v) is 7.95. The van der Waals surface area contributed by atoms with Crippen molar-refractivity contribution in [3.05, 3.63) is 75.9 Å². The monoisotopic (exact) mass is 449 g/mol. The molecule has 0 radical (unpaired) electrons. The van der Waals surface area contributed by atoms with Gasteiger partial charge in [-0.2, -0.15) is 0 Å². The van der Waals surface area contributed by atoms with Gasteiger partial charge in [0.25, 0.3) is 5.91 Å². The topological polar surface area (TPSA) is 80.3 Å². The van der Waals surface area contributed by atoms with Gasteiger partial charge in [-0.15, -0.1) is 0 Å². The summed E-state index contributed by atoms with van der Waals surface area (Å²) >= 11 is 6.35. The van der Waals surface area contributed by atoms with Crippen LogP contribution in [0.5, 0.6) is 0 Å². The molecule has 6 nitrogen and oxygen atoms in total. The second kappa shape index (κ2) is 9.94. The summed E-state index contributed by atoms with van der Waals surface area (Å²) in [7, 11) is 1.57. The fraction of sp³-hybridized carbons (Fsp3) is 0.240. The van der Waals surface area contributed by atoms with E-state index in [0.717, 1.165) is 39.7 Å². The number of methoxy groups -OCH3 is 1. The number of hydrogen-bond acceptors (Lipinski definition) is 4. The fourth-order valence-electron chi connectivity index (χ4n) is 3.92. The van der Waals surface area contributed by atoms with Crippen LogP contribution in [-0.4, -0.2) is 43.6 Å². The molecule has 0 saturated heterocycles. The first kappa shape index (κ1) is 22.0. The van der Waals surface area contributed by atoms with Crippen molar-refractivity contribution in [1.82, 2.24) is 15.6 Å². The molecule has 32 heavy (non-hydrogen) atoms. The predicted molar refractivity (Wildman–Crippen MR) is 127 cm³/mol. The van der Waals surface area contributed by atoms with E-state index in [9.17, 15) is 9.59 Å². The molecule has 2 aromatic carbocycles. The molecule has 0 unspecified atom stereocenters. The largest absolute Gasteiger partial charge is 0.383 e. The number of aromatic nitrogens is 1. The zero-order valence-electron chi connectivity index (χ0n) is 17.8. The van der Waals surface area contributed by atoms with Gasteiger partial charge in [0.2, 0.25) is 5.91 Å². The highest BCUT2D eigenvalue weighted by atomic mass is 35.5. The van der Waals surface area contributed by atoms with Gasteiger partial charge in [0.05, 0.1) is 29.9 Å². The molecule has 3 aromatic rings. The number of pyridine rings is 1. The third kappa shape index (κ3) is 4.66. The Bertz CT molecular complexity index is 1210. The maximum absolute atomic E-state index is 13.2. The van der Waals surface area contributed by atoms with E-state index in [1.807, 2.05) is 54.6 Å². The molecule has 1 aliphatic rings. The van der Waals surface area contributed by atoms with Crippen LogP contribution < -0.4 is 10.6 Å².